The van der Waals surface area contributed by atoms with Crippen LogP contribution in [-0.2, 0) is 17.6 Å². The molecule has 1 amide bonds. The summed E-state index contributed by atoms with van der Waals surface area (Å²) < 4.78 is 2.01. The molecular weight excluding hydrogens is 450 g/mol. The van der Waals surface area contributed by atoms with Crippen molar-refractivity contribution >= 4 is 23.9 Å². The van der Waals surface area contributed by atoms with Crippen LogP contribution in [0.15, 0.2) is 41.8 Å². The number of hydrogen-bond acceptors (Lipinski definition) is 6. The number of allylic oxidation sites excluding steroid dienone is 1. The second-order valence-electron chi connectivity index (χ2n) is 11.1. The largest absolute Gasteiger partial charge is 0.342 e. The molecule has 0 spiro atoms. The lowest BCUT2D eigenvalue weighted by Crippen LogP contribution is -2.52. The molecule has 8 heteroatoms. The summed E-state index contributed by atoms with van der Waals surface area (Å²) in [6.45, 7) is 5.79. The van der Waals surface area contributed by atoms with Gasteiger partial charge in [0.05, 0.1) is 5.41 Å². The second-order valence-corrected chi connectivity index (χ2v) is 11.1. The van der Waals surface area contributed by atoms with Gasteiger partial charge in [0.2, 0.25) is 11.9 Å². The Morgan fingerprint density at radius 3 is 2.56 bits per heavy atom. The standard InChI is InChI=1S/C28H35N7O/c36-26(28-18-22(28)17-25(30-20-28)33-9-1-2-10-33)34-11-4-7-24-21(8-12-34)19-29-27(31-24)35-15-13-32(14-16-35)23-5-3-6-23/h1-2,9-10,17,19-20,22-23H,3-8,11-16,18H2. The zero-order valence-corrected chi connectivity index (χ0v) is 20.9. The van der Waals surface area contributed by atoms with Gasteiger partial charge in [0, 0.05) is 81.7 Å². The molecule has 0 aromatic carbocycles. The fraction of sp³-hybridized carbons (Fsp3) is 0.571. The smallest absolute Gasteiger partial charge is 0.234 e. The number of hydrogen-bond donors (Lipinski definition) is 0. The van der Waals surface area contributed by atoms with E-state index < -0.39 is 5.41 Å². The third-order valence-corrected chi connectivity index (χ3v) is 9.01. The summed E-state index contributed by atoms with van der Waals surface area (Å²) in [4.78, 5) is 35.1. The number of aliphatic imine (C=N–C) groups is 1. The predicted octanol–water partition coefficient (Wildman–Crippen LogP) is 2.86. The molecule has 1 saturated heterocycles. The van der Waals surface area contributed by atoms with E-state index in [-0.39, 0.29) is 11.8 Å². The van der Waals surface area contributed by atoms with Crippen molar-refractivity contribution in [2.24, 2.45) is 16.3 Å². The van der Waals surface area contributed by atoms with Crippen LogP contribution in [-0.4, -0.2) is 81.8 Å². The number of nitrogens with zero attached hydrogens (tertiary/aromatic N) is 7. The molecule has 5 heterocycles. The van der Waals surface area contributed by atoms with Gasteiger partial charge in [0.15, 0.2) is 0 Å². The van der Waals surface area contributed by atoms with Crippen molar-refractivity contribution in [3.8, 4) is 0 Å². The Kier molecular flexibility index (Phi) is 5.45. The van der Waals surface area contributed by atoms with E-state index in [4.69, 9.17) is 9.97 Å². The molecule has 0 radical (unpaired) electrons. The van der Waals surface area contributed by atoms with Crippen molar-refractivity contribution in [1.82, 2.24) is 24.3 Å². The zero-order chi connectivity index (χ0) is 24.1. The lowest BCUT2D eigenvalue weighted by atomic mass is 9.91. The van der Waals surface area contributed by atoms with E-state index in [1.165, 1.54) is 30.5 Å². The number of aromatic nitrogens is 3. The first-order chi connectivity index (χ1) is 17.7. The van der Waals surface area contributed by atoms with E-state index in [1.807, 2.05) is 41.5 Å². The van der Waals surface area contributed by atoms with Gasteiger partial charge < -0.3 is 14.4 Å². The number of piperazine rings is 1. The van der Waals surface area contributed by atoms with Crippen LogP contribution >= 0.6 is 0 Å². The van der Waals surface area contributed by atoms with E-state index in [1.54, 1.807) is 0 Å². The number of aryl methyl sites for hydroxylation is 1. The lowest BCUT2D eigenvalue weighted by molar-refractivity contribution is -0.134. The molecule has 5 aliphatic rings. The fourth-order valence-electron chi connectivity index (χ4n) is 6.36. The predicted molar refractivity (Wildman–Crippen MR) is 140 cm³/mol. The molecule has 0 N–H and O–H groups in total. The maximum Gasteiger partial charge on any atom is 0.234 e. The minimum Gasteiger partial charge on any atom is -0.342 e. The second kappa shape index (κ2) is 8.83. The molecule has 2 atom stereocenters. The Bertz CT molecular complexity index is 1190. The number of fused-ring (bicyclic) bond motifs is 2. The average Bonchev–Trinajstić information content (AvgIpc) is 3.35. The van der Waals surface area contributed by atoms with E-state index in [2.05, 4.69) is 25.8 Å². The quantitative estimate of drug-likeness (QED) is 0.666. The molecule has 2 aliphatic carbocycles. The summed E-state index contributed by atoms with van der Waals surface area (Å²) in [5.41, 5.74) is 1.94. The molecule has 3 fully saturated rings. The molecule has 2 unspecified atom stereocenters. The molecule has 2 saturated carbocycles. The Balaban J connectivity index is 0.990. The van der Waals surface area contributed by atoms with E-state index in [9.17, 15) is 4.79 Å². The van der Waals surface area contributed by atoms with Crippen molar-refractivity contribution in [1.29, 1.82) is 0 Å². The SMILES string of the molecule is O=C(N1CCCc2nc(N3CCN(C4CCC4)CC3)ncc2CC1)C12C=NC(n3cccc3)=CC1C2. The average molecular weight is 486 g/mol. The van der Waals surface area contributed by atoms with Crippen LogP contribution in [0.25, 0.3) is 5.82 Å². The molecule has 7 rings (SSSR count). The van der Waals surface area contributed by atoms with Gasteiger partial charge in [-0.1, -0.05) is 6.42 Å². The highest BCUT2D eigenvalue weighted by molar-refractivity contribution is 6.04. The van der Waals surface area contributed by atoms with Crippen LogP contribution in [0.5, 0.6) is 0 Å². The molecule has 36 heavy (non-hydrogen) atoms. The van der Waals surface area contributed by atoms with Crippen molar-refractivity contribution in [3.63, 3.8) is 0 Å². The topological polar surface area (TPSA) is 69.9 Å². The van der Waals surface area contributed by atoms with Gasteiger partial charge in [-0.25, -0.2) is 15.0 Å². The van der Waals surface area contributed by atoms with Crippen molar-refractivity contribution in [3.05, 3.63) is 48.1 Å². The maximum absolute atomic E-state index is 13.6. The first-order valence-electron chi connectivity index (χ1n) is 13.7. The third-order valence-electron chi connectivity index (χ3n) is 9.01. The monoisotopic (exact) mass is 485 g/mol. The highest BCUT2D eigenvalue weighted by Crippen LogP contribution is 2.56. The van der Waals surface area contributed by atoms with Gasteiger partial charge in [0.25, 0.3) is 0 Å². The molecule has 188 valence electrons. The number of anilines is 1. The summed E-state index contributed by atoms with van der Waals surface area (Å²) in [5, 5.41) is 0. The third kappa shape index (κ3) is 3.86. The Morgan fingerprint density at radius 1 is 0.972 bits per heavy atom. The zero-order valence-electron chi connectivity index (χ0n) is 20.9. The summed E-state index contributed by atoms with van der Waals surface area (Å²) in [6.07, 6.45) is 17.8. The number of rotatable bonds is 4. The molecule has 8 nitrogen and oxygen atoms in total. The number of carbonyl (C=O) groups excluding carboxylic acids is 1. The van der Waals surface area contributed by atoms with E-state index >= 15 is 0 Å². The normalized spacial score (nSPS) is 28.4. The highest BCUT2D eigenvalue weighted by atomic mass is 16.2. The van der Waals surface area contributed by atoms with Gasteiger partial charge >= 0.3 is 0 Å². The van der Waals surface area contributed by atoms with Crippen LogP contribution in [0.4, 0.5) is 5.95 Å². The minimum absolute atomic E-state index is 0.240. The van der Waals surface area contributed by atoms with Gasteiger partial charge in [-0.2, -0.15) is 0 Å². The Morgan fingerprint density at radius 2 is 1.81 bits per heavy atom. The van der Waals surface area contributed by atoms with E-state index in [0.717, 1.165) is 82.8 Å². The lowest BCUT2D eigenvalue weighted by Gasteiger charge is -2.43. The van der Waals surface area contributed by atoms with Crippen LogP contribution < -0.4 is 4.90 Å². The molecule has 3 aliphatic heterocycles. The first kappa shape index (κ1) is 22.2. The molecule has 0 bridgehead atoms. The number of carbonyl (C=O) groups is 1. The van der Waals surface area contributed by atoms with Gasteiger partial charge in [-0.3, -0.25) is 9.69 Å². The van der Waals surface area contributed by atoms with Crippen LogP contribution in [0.3, 0.4) is 0 Å². The first-order valence-corrected chi connectivity index (χ1v) is 13.7. The maximum atomic E-state index is 13.6. The summed E-state index contributed by atoms with van der Waals surface area (Å²) in [5.74, 6) is 2.31. The minimum atomic E-state index is -0.430. The van der Waals surface area contributed by atoms with E-state index in [0.29, 0.717) is 0 Å². The van der Waals surface area contributed by atoms with Crippen molar-refractivity contribution in [2.75, 3.05) is 44.2 Å². The van der Waals surface area contributed by atoms with Crippen LogP contribution in [0.2, 0.25) is 0 Å². The van der Waals surface area contributed by atoms with Gasteiger partial charge in [0.1, 0.15) is 5.82 Å². The summed E-state index contributed by atoms with van der Waals surface area (Å²) >= 11 is 0. The van der Waals surface area contributed by atoms with Crippen molar-refractivity contribution < 1.29 is 4.79 Å². The summed E-state index contributed by atoms with van der Waals surface area (Å²) in [6, 6.07) is 4.81. The van der Waals surface area contributed by atoms with Gasteiger partial charge in [-0.05, 0) is 62.3 Å². The number of amides is 1. The Hall–Kier alpha value is -3.00. The Labute approximate surface area is 212 Å². The fourth-order valence-corrected chi connectivity index (χ4v) is 6.36. The molecule has 2 aromatic rings. The summed E-state index contributed by atoms with van der Waals surface area (Å²) in [7, 11) is 0. The molecular formula is C28H35N7O. The highest BCUT2D eigenvalue weighted by Gasteiger charge is 2.60. The van der Waals surface area contributed by atoms with Crippen LogP contribution in [0.1, 0.15) is 43.4 Å². The van der Waals surface area contributed by atoms with Crippen LogP contribution in [0, 0.1) is 11.3 Å². The van der Waals surface area contributed by atoms with Gasteiger partial charge in [-0.15, -0.1) is 0 Å². The molecule has 2 aromatic heterocycles. The van der Waals surface area contributed by atoms with Crippen molar-refractivity contribution in [2.45, 2.75) is 51.0 Å².